The molecule has 3 rings (SSSR count). The number of benzene rings is 3. The Morgan fingerprint density at radius 3 is 2.56 bits per heavy atom. The highest BCUT2D eigenvalue weighted by Crippen LogP contribution is 2.25. The van der Waals surface area contributed by atoms with Gasteiger partial charge in [-0.1, -0.05) is 30.3 Å². The van der Waals surface area contributed by atoms with Crippen molar-refractivity contribution >= 4 is 16.7 Å². The lowest BCUT2D eigenvalue weighted by Crippen LogP contribution is -2.30. The third-order valence-electron chi connectivity index (χ3n) is 3.87. The second-order valence-electron chi connectivity index (χ2n) is 5.53. The molecule has 3 aromatic carbocycles. The first-order valence-corrected chi connectivity index (χ1v) is 8.09. The minimum Gasteiger partial charge on any atom is -0.493 e. The van der Waals surface area contributed by atoms with Crippen molar-refractivity contribution in [1.29, 1.82) is 0 Å². The second kappa shape index (κ2) is 7.68. The fourth-order valence-electron chi connectivity index (χ4n) is 2.63. The molecule has 0 fully saturated rings. The second-order valence-corrected chi connectivity index (χ2v) is 5.53. The van der Waals surface area contributed by atoms with Gasteiger partial charge in [0.2, 0.25) is 0 Å². The number of ether oxygens (including phenoxy) is 2. The van der Waals surface area contributed by atoms with Gasteiger partial charge >= 0.3 is 0 Å². The zero-order chi connectivity index (χ0) is 17.6. The molecule has 0 aromatic heterocycles. The van der Waals surface area contributed by atoms with Crippen LogP contribution in [0.1, 0.15) is 22.8 Å². The van der Waals surface area contributed by atoms with E-state index in [-0.39, 0.29) is 5.91 Å². The molecule has 1 amide bonds. The van der Waals surface area contributed by atoms with Crippen molar-refractivity contribution in [2.75, 3.05) is 6.61 Å². The molecule has 0 aliphatic heterocycles. The molecule has 0 spiro atoms. The van der Waals surface area contributed by atoms with Gasteiger partial charge in [0.1, 0.15) is 18.1 Å². The van der Waals surface area contributed by atoms with Crippen molar-refractivity contribution in [3.8, 4) is 11.5 Å². The quantitative estimate of drug-likeness (QED) is 0.411. The van der Waals surface area contributed by atoms with Crippen LogP contribution in [0.25, 0.3) is 10.8 Å². The van der Waals surface area contributed by atoms with Gasteiger partial charge in [-0.2, -0.15) is 0 Å². The average Bonchev–Trinajstić information content (AvgIpc) is 2.66. The topological polar surface area (TPSA) is 73.6 Å². The van der Waals surface area contributed by atoms with E-state index in [2.05, 4.69) is 11.5 Å². The summed E-state index contributed by atoms with van der Waals surface area (Å²) in [6.07, 6.45) is 0. The van der Waals surface area contributed by atoms with Crippen LogP contribution in [0.4, 0.5) is 0 Å². The van der Waals surface area contributed by atoms with E-state index in [1.165, 1.54) is 0 Å². The molecule has 128 valence electrons. The predicted molar refractivity (Wildman–Crippen MR) is 97.5 cm³/mol. The number of nitrogens with one attached hydrogen (secondary N) is 1. The number of fused-ring (bicyclic) bond motifs is 1. The molecule has 0 unspecified atom stereocenters. The minimum atomic E-state index is -0.352. The summed E-state index contributed by atoms with van der Waals surface area (Å²) in [5, 5.41) is 2.27. The summed E-state index contributed by atoms with van der Waals surface area (Å²) in [4.78, 5) is 11.7. The van der Waals surface area contributed by atoms with E-state index in [1.54, 1.807) is 18.2 Å². The lowest BCUT2D eigenvalue weighted by atomic mass is 10.1. The fourth-order valence-corrected chi connectivity index (χ4v) is 2.63. The molecule has 0 heterocycles. The lowest BCUT2D eigenvalue weighted by Gasteiger charge is -2.13. The van der Waals surface area contributed by atoms with Gasteiger partial charge in [-0.3, -0.25) is 10.2 Å². The van der Waals surface area contributed by atoms with Gasteiger partial charge < -0.3 is 9.47 Å². The molecule has 0 saturated carbocycles. The van der Waals surface area contributed by atoms with Crippen LogP contribution in [-0.4, -0.2) is 12.5 Å². The molecular formula is C20H20N2O3. The Bertz CT molecular complexity index is 893. The van der Waals surface area contributed by atoms with Crippen molar-refractivity contribution < 1.29 is 14.3 Å². The highest BCUT2D eigenvalue weighted by atomic mass is 16.5. The first-order valence-electron chi connectivity index (χ1n) is 8.09. The Kier molecular flexibility index (Phi) is 5.16. The number of rotatable bonds is 6. The maximum absolute atomic E-state index is 11.7. The summed E-state index contributed by atoms with van der Waals surface area (Å²) in [6, 6.07) is 19.2. The van der Waals surface area contributed by atoms with Crippen LogP contribution in [0.3, 0.4) is 0 Å². The summed E-state index contributed by atoms with van der Waals surface area (Å²) >= 11 is 0. The van der Waals surface area contributed by atoms with Crippen LogP contribution in [0, 0.1) is 0 Å². The lowest BCUT2D eigenvalue weighted by molar-refractivity contribution is 0.0953. The largest absolute Gasteiger partial charge is 0.493 e. The number of carbonyl (C=O) groups is 1. The van der Waals surface area contributed by atoms with Crippen molar-refractivity contribution in [2.24, 2.45) is 5.84 Å². The normalized spacial score (nSPS) is 10.5. The summed E-state index contributed by atoms with van der Waals surface area (Å²) in [6.45, 7) is 2.74. The van der Waals surface area contributed by atoms with Gasteiger partial charge in [0.05, 0.1) is 6.61 Å². The van der Waals surface area contributed by atoms with Crippen molar-refractivity contribution in [3.63, 3.8) is 0 Å². The predicted octanol–water partition coefficient (Wildman–Crippen LogP) is 3.42. The molecule has 0 aliphatic carbocycles. The average molecular weight is 336 g/mol. The zero-order valence-electron chi connectivity index (χ0n) is 14.0. The van der Waals surface area contributed by atoms with Crippen LogP contribution in [-0.2, 0) is 6.61 Å². The van der Waals surface area contributed by atoms with Gasteiger partial charge in [0.25, 0.3) is 5.91 Å². The number of hydrazine groups is 1. The van der Waals surface area contributed by atoms with E-state index in [0.717, 1.165) is 22.1 Å². The number of nitrogen functional groups attached to an aromatic ring is 1. The summed E-state index contributed by atoms with van der Waals surface area (Å²) in [5.41, 5.74) is 3.38. The maximum Gasteiger partial charge on any atom is 0.265 e. The number of hydrogen-bond donors (Lipinski definition) is 2. The van der Waals surface area contributed by atoms with Crippen LogP contribution >= 0.6 is 0 Å². The number of hydrogen-bond acceptors (Lipinski definition) is 4. The Balaban J connectivity index is 1.83. The Hall–Kier alpha value is -3.05. The van der Waals surface area contributed by atoms with E-state index < -0.39 is 0 Å². The molecule has 0 saturated heterocycles. The number of carbonyl (C=O) groups excluding carboxylic acids is 1. The smallest absolute Gasteiger partial charge is 0.265 e. The Morgan fingerprint density at radius 1 is 1.00 bits per heavy atom. The van der Waals surface area contributed by atoms with Crippen molar-refractivity contribution in [3.05, 3.63) is 71.8 Å². The first-order chi connectivity index (χ1) is 12.2. The summed E-state index contributed by atoms with van der Waals surface area (Å²) in [7, 11) is 0. The molecule has 25 heavy (non-hydrogen) atoms. The SMILES string of the molecule is CCOc1ccc(C(=O)NN)cc1COc1ccc2ccccc2c1. The van der Waals surface area contributed by atoms with Gasteiger partial charge in [0.15, 0.2) is 0 Å². The molecule has 0 atom stereocenters. The molecule has 3 aromatic rings. The maximum atomic E-state index is 11.7. The highest BCUT2D eigenvalue weighted by molar-refractivity contribution is 5.94. The number of nitrogens with two attached hydrogens (primary N) is 1. The molecule has 5 nitrogen and oxygen atoms in total. The third-order valence-corrected chi connectivity index (χ3v) is 3.87. The monoisotopic (exact) mass is 336 g/mol. The van der Waals surface area contributed by atoms with Gasteiger partial charge in [-0.15, -0.1) is 0 Å². The van der Waals surface area contributed by atoms with E-state index in [0.29, 0.717) is 24.5 Å². The van der Waals surface area contributed by atoms with Gasteiger partial charge in [0, 0.05) is 11.1 Å². The Morgan fingerprint density at radius 2 is 1.80 bits per heavy atom. The van der Waals surface area contributed by atoms with E-state index in [4.69, 9.17) is 15.3 Å². The first kappa shape index (κ1) is 16.8. The Labute approximate surface area is 146 Å². The van der Waals surface area contributed by atoms with Crippen molar-refractivity contribution in [1.82, 2.24) is 5.43 Å². The number of amides is 1. The van der Waals surface area contributed by atoms with Crippen LogP contribution in [0.2, 0.25) is 0 Å². The molecule has 3 N–H and O–H groups in total. The minimum absolute atomic E-state index is 0.291. The molecule has 5 heteroatoms. The van der Waals surface area contributed by atoms with E-state index >= 15 is 0 Å². The summed E-state index contributed by atoms with van der Waals surface area (Å²) in [5.74, 6) is 6.31. The van der Waals surface area contributed by atoms with Crippen LogP contribution in [0.15, 0.2) is 60.7 Å². The van der Waals surface area contributed by atoms with E-state index in [1.807, 2.05) is 43.3 Å². The summed E-state index contributed by atoms with van der Waals surface area (Å²) < 4.78 is 11.5. The van der Waals surface area contributed by atoms with Crippen LogP contribution in [0.5, 0.6) is 11.5 Å². The van der Waals surface area contributed by atoms with Crippen LogP contribution < -0.4 is 20.7 Å². The molecule has 0 aliphatic rings. The molecule has 0 bridgehead atoms. The molecular weight excluding hydrogens is 316 g/mol. The van der Waals surface area contributed by atoms with Crippen molar-refractivity contribution in [2.45, 2.75) is 13.5 Å². The van der Waals surface area contributed by atoms with E-state index in [9.17, 15) is 4.79 Å². The highest BCUT2D eigenvalue weighted by Gasteiger charge is 2.10. The van der Waals surface area contributed by atoms with Gasteiger partial charge in [-0.05, 0) is 48.0 Å². The standard InChI is InChI=1S/C20H20N2O3/c1-2-24-19-10-8-16(20(23)22-21)11-17(19)13-25-18-9-7-14-5-3-4-6-15(14)12-18/h3-12H,2,13,21H2,1H3,(H,22,23). The zero-order valence-corrected chi connectivity index (χ0v) is 14.0. The molecule has 0 radical (unpaired) electrons. The third kappa shape index (κ3) is 3.89. The van der Waals surface area contributed by atoms with Gasteiger partial charge in [-0.25, -0.2) is 5.84 Å². The fraction of sp³-hybridized carbons (Fsp3) is 0.150.